The molecule has 0 saturated heterocycles. The van der Waals surface area contributed by atoms with Gasteiger partial charge in [0.25, 0.3) is 11.6 Å². The summed E-state index contributed by atoms with van der Waals surface area (Å²) in [5, 5.41) is 10.9. The maximum Gasteiger partial charge on any atom is 0.282 e. The molecule has 0 heterocycles. The minimum absolute atomic E-state index is 0.0319. The molecule has 0 aromatic heterocycles. The van der Waals surface area contributed by atoms with Crippen molar-refractivity contribution in [3.63, 3.8) is 0 Å². The van der Waals surface area contributed by atoms with E-state index in [-0.39, 0.29) is 23.2 Å². The maximum absolute atomic E-state index is 12.4. The Kier molecular flexibility index (Phi) is 5.76. The second kappa shape index (κ2) is 7.09. The number of halogens is 1. The van der Waals surface area contributed by atoms with Crippen LogP contribution < -0.4 is 0 Å². The Balaban J connectivity index is 3.06. The number of para-hydroxylation sites is 1. The van der Waals surface area contributed by atoms with Gasteiger partial charge in [0.1, 0.15) is 5.56 Å². The summed E-state index contributed by atoms with van der Waals surface area (Å²) < 4.78 is 0. The molecule has 0 saturated carbocycles. The highest BCUT2D eigenvalue weighted by Gasteiger charge is 2.25. The fourth-order valence-corrected chi connectivity index (χ4v) is 1.91. The molecular formula is C13H17ClN2O3. The van der Waals surface area contributed by atoms with Crippen LogP contribution in [0.5, 0.6) is 0 Å². The van der Waals surface area contributed by atoms with Gasteiger partial charge in [0.15, 0.2) is 0 Å². The lowest BCUT2D eigenvalue weighted by atomic mass is 10.1. The molecule has 0 unspecified atom stereocenters. The van der Waals surface area contributed by atoms with Gasteiger partial charge in [-0.3, -0.25) is 14.9 Å². The average molecular weight is 285 g/mol. The first kappa shape index (κ1) is 15.4. The Morgan fingerprint density at radius 1 is 1.42 bits per heavy atom. The van der Waals surface area contributed by atoms with Gasteiger partial charge in [-0.1, -0.05) is 12.1 Å². The van der Waals surface area contributed by atoms with E-state index in [0.29, 0.717) is 18.8 Å². The van der Waals surface area contributed by atoms with Gasteiger partial charge < -0.3 is 4.90 Å². The van der Waals surface area contributed by atoms with Gasteiger partial charge in [0, 0.05) is 24.5 Å². The number of nitro benzene ring substituents is 1. The summed E-state index contributed by atoms with van der Waals surface area (Å²) in [5.41, 5.74) is -0.0419. The van der Waals surface area contributed by atoms with E-state index in [9.17, 15) is 14.9 Å². The number of nitro groups is 1. The third-order valence-corrected chi connectivity index (χ3v) is 3.02. The summed E-state index contributed by atoms with van der Waals surface area (Å²) in [6, 6.07) is 5.97. The Morgan fingerprint density at radius 3 is 2.58 bits per heavy atom. The van der Waals surface area contributed by atoms with Gasteiger partial charge in [0.2, 0.25) is 0 Å². The standard InChI is InChI=1S/C13H17ClN2O3/c1-10(2)15(9-5-8-14)13(17)11-6-3-4-7-12(11)16(18)19/h3-4,6-7,10H,5,8-9H2,1-2H3. The van der Waals surface area contributed by atoms with Gasteiger partial charge >= 0.3 is 0 Å². The van der Waals surface area contributed by atoms with Crippen molar-refractivity contribution < 1.29 is 9.72 Å². The van der Waals surface area contributed by atoms with E-state index in [0.717, 1.165) is 0 Å². The van der Waals surface area contributed by atoms with Gasteiger partial charge in [-0.05, 0) is 26.3 Å². The SMILES string of the molecule is CC(C)N(CCCCl)C(=O)c1ccccc1[N+](=O)[O-]. The minimum Gasteiger partial charge on any atom is -0.336 e. The van der Waals surface area contributed by atoms with Crippen molar-refractivity contribution in [2.45, 2.75) is 26.3 Å². The molecule has 0 aliphatic carbocycles. The monoisotopic (exact) mass is 284 g/mol. The molecule has 6 heteroatoms. The van der Waals surface area contributed by atoms with Crippen molar-refractivity contribution in [1.82, 2.24) is 4.90 Å². The summed E-state index contributed by atoms with van der Waals surface area (Å²) in [6.45, 7) is 4.24. The lowest BCUT2D eigenvalue weighted by Gasteiger charge is -2.26. The molecule has 19 heavy (non-hydrogen) atoms. The molecule has 1 rings (SSSR count). The van der Waals surface area contributed by atoms with Crippen LogP contribution in [0.1, 0.15) is 30.6 Å². The van der Waals surface area contributed by atoms with Crippen LogP contribution in [0.2, 0.25) is 0 Å². The third-order valence-electron chi connectivity index (χ3n) is 2.75. The number of benzene rings is 1. The molecule has 5 nitrogen and oxygen atoms in total. The molecule has 0 spiro atoms. The molecule has 1 aromatic rings. The van der Waals surface area contributed by atoms with E-state index in [1.54, 1.807) is 17.0 Å². The van der Waals surface area contributed by atoms with E-state index < -0.39 is 4.92 Å². The molecule has 104 valence electrons. The van der Waals surface area contributed by atoms with Crippen molar-refractivity contribution in [2.75, 3.05) is 12.4 Å². The van der Waals surface area contributed by atoms with Gasteiger partial charge in [-0.15, -0.1) is 11.6 Å². The van der Waals surface area contributed by atoms with E-state index in [1.165, 1.54) is 12.1 Å². The van der Waals surface area contributed by atoms with E-state index >= 15 is 0 Å². The van der Waals surface area contributed by atoms with Crippen molar-refractivity contribution in [3.8, 4) is 0 Å². The van der Waals surface area contributed by atoms with Crippen LogP contribution in [0.3, 0.4) is 0 Å². The first-order valence-electron chi connectivity index (χ1n) is 6.09. The molecule has 0 aliphatic heterocycles. The second-order valence-electron chi connectivity index (χ2n) is 4.41. The van der Waals surface area contributed by atoms with Crippen molar-refractivity contribution in [1.29, 1.82) is 0 Å². The van der Waals surface area contributed by atoms with Gasteiger partial charge in [-0.2, -0.15) is 0 Å². The summed E-state index contributed by atoms with van der Waals surface area (Å²) in [7, 11) is 0. The van der Waals surface area contributed by atoms with E-state index in [1.807, 2.05) is 13.8 Å². The number of alkyl halides is 1. The second-order valence-corrected chi connectivity index (χ2v) is 4.79. The van der Waals surface area contributed by atoms with Crippen LogP contribution in [0, 0.1) is 10.1 Å². The summed E-state index contributed by atoms with van der Waals surface area (Å²) in [4.78, 5) is 24.4. The van der Waals surface area contributed by atoms with Gasteiger partial charge in [0.05, 0.1) is 4.92 Å². The normalized spacial score (nSPS) is 10.5. The smallest absolute Gasteiger partial charge is 0.282 e. The lowest BCUT2D eigenvalue weighted by molar-refractivity contribution is -0.385. The molecular weight excluding hydrogens is 268 g/mol. The number of amides is 1. The molecule has 0 N–H and O–H groups in total. The highest BCUT2D eigenvalue weighted by atomic mass is 35.5. The Hall–Kier alpha value is -1.62. The van der Waals surface area contributed by atoms with E-state index in [2.05, 4.69) is 0 Å². The first-order valence-corrected chi connectivity index (χ1v) is 6.62. The van der Waals surface area contributed by atoms with Crippen LogP contribution in [-0.2, 0) is 0 Å². The number of nitrogens with zero attached hydrogens (tertiary/aromatic N) is 2. The van der Waals surface area contributed by atoms with Crippen LogP contribution in [-0.4, -0.2) is 34.2 Å². The average Bonchev–Trinajstić information content (AvgIpc) is 2.38. The molecule has 1 aromatic carbocycles. The predicted octanol–water partition coefficient (Wildman–Crippen LogP) is 3.07. The zero-order chi connectivity index (χ0) is 14.4. The Morgan fingerprint density at radius 2 is 2.05 bits per heavy atom. The molecule has 0 bridgehead atoms. The number of rotatable bonds is 6. The Bertz CT molecular complexity index is 463. The largest absolute Gasteiger partial charge is 0.336 e. The van der Waals surface area contributed by atoms with E-state index in [4.69, 9.17) is 11.6 Å². The number of hydrogen-bond acceptors (Lipinski definition) is 3. The molecule has 1 amide bonds. The highest BCUT2D eigenvalue weighted by Crippen LogP contribution is 2.20. The highest BCUT2D eigenvalue weighted by molar-refractivity contribution is 6.17. The summed E-state index contributed by atoms with van der Waals surface area (Å²) in [5.74, 6) is 0.125. The molecule has 0 atom stereocenters. The van der Waals surface area contributed by atoms with Crippen molar-refractivity contribution in [2.24, 2.45) is 0 Å². The number of hydrogen-bond donors (Lipinski definition) is 0. The first-order chi connectivity index (χ1) is 8.99. The summed E-state index contributed by atoms with van der Waals surface area (Å²) >= 11 is 5.64. The van der Waals surface area contributed by atoms with Crippen molar-refractivity contribution in [3.05, 3.63) is 39.9 Å². The van der Waals surface area contributed by atoms with Gasteiger partial charge in [-0.25, -0.2) is 0 Å². The van der Waals surface area contributed by atoms with Crippen LogP contribution in [0.4, 0.5) is 5.69 Å². The number of carbonyl (C=O) groups excluding carboxylic acids is 1. The van der Waals surface area contributed by atoms with Crippen LogP contribution >= 0.6 is 11.6 Å². The molecule has 0 fully saturated rings. The molecule has 0 aliphatic rings. The third kappa shape index (κ3) is 3.92. The fraction of sp³-hybridized carbons (Fsp3) is 0.462. The zero-order valence-corrected chi connectivity index (χ0v) is 11.8. The topological polar surface area (TPSA) is 63.5 Å². The Labute approximate surface area is 117 Å². The maximum atomic E-state index is 12.4. The summed E-state index contributed by atoms with van der Waals surface area (Å²) in [6.07, 6.45) is 0.659. The zero-order valence-electron chi connectivity index (χ0n) is 11.0. The lowest BCUT2D eigenvalue weighted by Crippen LogP contribution is -2.38. The molecule has 0 radical (unpaired) electrons. The number of carbonyl (C=O) groups is 1. The predicted molar refractivity (Wildman–Crippen MR) is 74.6 cm³/mol. The van der Waals surface area contributed by atoms with Crippen molar-refractivity contribution >= 4 is 23.2 Å². The van der Waals surface area contributed by atoms with Crippen LogP contribution in [0.25, 0.3) is 0 Å². The quantitative estimate of drug-likeness (QED) is 0.458. The minimum atomic E-state index is -0.534. The fourth-order valence-electron chi connectivity index (χ4n) is 1.79. The van der Waals surface area contributed by atoms with Crippen LogP contribution in [0.15, 0.2) is 24.3 Å².